The van der Waals surface area contributed by atoms with Crippen molar-refractivity contribution in [1.29, 1.82) is 0 Å². The number of nitrogens with one attached hydrogen (secondary N) is 2. The van der Waals surface area contributed by atoms with E-state index in [1.165, 1.54) is 4.88 Å². The molecule has 0 aliphatic carbocycles. The average Bonchev–Trinajstić information content (AvgIpc) is 3.28. The number of guanidine groups is 1. The maximum atomic E-state index is 5.43. The number of aromatic nitrogens is 2. The molecule has 0 radical (unpaired) electrons. The van der Waals surface area contributed by atoms with Crippen molar-refractivity contribution < 1.29 is 4.52 Å². The second-order valence-electron chi connectivity index (χ2n) is 5.91. The highest BCUT2D eigenvalue weighted by molar-refractivity contribution is 7.11. The second kappa shape index (κ2) is 10.2. The van der Waals surface area contributed by atoms with Crippen molar-refractivity contribution in [2.75, 3.05) is 13.6 Å². The molecule has 0 saturated heterocycles. The van der Waals surface area contributed by atoms with Crippen LogP contribution in [0.5, 0.6) is 0 Å². The molecule has 0 fully saturated rings. The van der Waals surface area contributed by atoms with Gasteiger partial charge in [0.05, 0.1) is 17.2 Å². The van der Waals surface area contributed by atoms with Crippen LogP contribution in [-0.2, 0) is 19.4 Å². The Morgan fingerprint density at radius 3 is 2.72 bits per heavy atom. The summed E-state index contributed by atoms with van der Waals surface area (Å²) in [7, 11) is 1.77. The fraction of sp³-hybridized carbons (Fsp3) is 0.611. The Morgan fingerprint density at radius 1 is 1.28 bits per heavy atom. The monoisotopic (exact) mass is 363 g/mol. The molecule has 0 atom stereocenters. The molecule has 138 valence electrons. The molecule has 0 spiro atoms. The van der Waals surface area contributed by atoms with Gasteiger partial charge in [0, 0.05) is 43.1 Å². The van der Waals surface area contributed by atoms with E-state index in [2.05, 4.69) is 46.5 Å². The SMILES string of the molecule is CCc1cnc(CCNC(=NC)NCc2cc(C(CC)CC)no2)s1. The maximum absolute atomic E-state index is 5.43. The molecular formula is C18H29N5OS. The zero-order valence-electron chi connectivity index (χ0n) is 15.6. The van der Waals surface area contributed by atoms with Gasteiger partial charge in [-0.25, -0.2) is 4.98 Å². The van der Waals surface area contributed by atoms with Gasteiger partial charge in [-0.2, -0.15) is 0 Å². The molecule has 0 aliphatic heterocycles. The van der Waals surface area contributed by atoms with E-state index in [9.17, 15) is 0 Å². The minimum atomic E-state index is 0.473. The molecule has 0 amide bonds. The fourth-order valence-corrected chi connectivity index (χ4v) is 3.48. The van der Waals surface area contributed by atoms with E-state index >= 15 is 0 Å². The van der Waals surface area contributed by atoms with Gasteiger partial charge < -0.3 is 15.2 Å². The number of hydrogen-bond acceptors (Lipinski definition) is 5. The number of aryl methyl sites for hydroxylation is 1. The maximum Gasteiger partial charge on any atom is 0.191 e. The highest BCUT2D eigenvalue weighted by Crippen LogP contribution is 2.22. The quantitative estimate of drug-likeness (QED) is 0.527. The molecule has 25 heavy (non-hydrogen) atoms. The van der Waals surface area contributed by atoms with Crippen LogP contribution in [0.1, 0.15) is 60.9 Å². The van der Waals surface area contributed by atoms with E-state index in [1.807, 2.05) is 12.3 Å². The van der Waals surface area contributed by atoms with Crippen LogP contribution in [0.2, 0.25) is 0 Å². The Hall–Kier alpha value is -1.89. The minimum absolute atomic E-state index is 0.473. The van der Waals surface area contributed by atoms with E-state index < -0.39 is 0 Å². The van der Waals surface area contributed by atoms with Crippen LogP contribution < -0.4 is 10.6 Å². The molecule has 2 aromatic heterocycles. The Kier molecular flexibility index (Phi) is 7.91. The van der Waals surface area contributed by atoms with Gasteiger partial charge in [-0.05, 0) is 19.3 Å². The lowest BCUT2D eigenvalue weighted by Crippen LogP contribution is -2.37. The molecule has 0 aromatic carbocycles. The van der Waals surface area contributed by atoms with Crippen molar-refractivity contribution in [3.8, 4) is 0 Å². The lowest BCUT2D eigenvalue weighted by molar-refractivity contribution is 0.368. The Bertz CT molecular complexity index is 660. The number of hydrogen-bond donors (Lipinski definition) is 2. The summed E-state index contributed by atoms with van der Waals surface area (Å²) in [5, 5.41) is 11.9. The molecule has 7 heteroatoms. The topological polar surface area (TPSA) is 75.3 Å². The highest BCUT2D eigenvalue weighted by Gasteiger charge is 2.13. The fourth-order valence-electron chi connectivity index (χ4n) is 2.62. The predicted molar refractivity (Wildman–Crippen MR) is 103 cm³/mol. The van der Waals surface area contributed by atoms with Crippen LogP contribution in [0.3, 0.4) is 0 Å². The van der Waals surface area contributed by atoms with Crippen LogP contribution in [0.4, 0.5) is 0 Å². The third kappa shape index (κ3) is 5.85. The van der Waals surface area contributed by atoms with E-state index in [1.54, 1.807) is 18.4 Å². The number of nitrogens with zero attached hydrogens (tertiary/aromatic N) is 3. The molecule has 2 aromatic rings. The van der Waals surface area contributed by atoms with Crippen LogP contribution in [-0.4, -0.2) is 29.7 Å². The van der Waals surface area contributed by atoms with Crippen LogP contribution >= 0.6 is 11.3 Å². The first-order chi connectivity index (χ1) is 12.2. The first-order valence-corrected chi connectivity index (χ1v) is 9.85. The third-order valence-electron chi connectivity index (χ3n) is 4.22. The predicted octanol–water partition coefficient (Wildman–Crippen LogP) is 3.50. The largest absolute Gasteiger partial charge is 0.359 e. The summed E-state index contributed by atoms with van der Waals surface area (Å²) in [4.78, 5) is 10.0. The van der Waals surface area contributed by atoms with Crippen LogP contribution in [0.15, 0.2) is 21.8 Å². The molecule has 0 unspecified atom stereocenters. The standard InChI is InChI=1S/C18H29N5OS/c1-5-13(6-2)16-10-14(24-23-16)11-22-18(19-4)20-9-8-17-21-12-15(7-3)25-17/h10,12-13H,5-9,11H2,1-4H3,(H2,19,20,22). The minimum Gasteiger partial charge on any atom is -0.359 e. The van der Waals surface area contributed by atoms with E-state index in [0.717, 1.165) is 54.6 Å². The number of aliphatic imine (C=N–C) groups is 1. The van der Waals surface area contributed by atoms with Crippen molar-refractivity contribution in [3.05, 3.63) is 33.6 Å². The molecule has 2 N–H and O–H groups in total. The normalized spacial score (nSPS) is 12.0. The van der Waals surface area contributed by atoms with E-state index in [-0.39, 0.29) is 0 Å². The van der Waals surface area contributed by atoms with Crippen LogP contribution in [0, 0.1) is 0 Å². The molecule has 0 saturated carbocycles. The number of rotatable bonds is 9. The van der Waals surface area contributed by atoms with Crippen molar-refractivity contribution in [1.82, 2.24) is 20.8 Å². The first kappa shape index (κ1) is 19.4. The van der Waals surface area contributed by atoms with Gasteiger partial charge in [-0.3, -0.25) is 4.99 Å². The van der Waals surface area contributed by atoms with Crippen molar-refractivity contribution in [2.45, 2.75) is 58.9 Å². The zero-order chi connectivity index (χ0) is 18.1. The molecule has 2 heterocycles. The summed E-state index contributed by atoms with van der Waals surface area (Å²) in [6, 6.07) is 2.04. The Morgan fingerprint density at radius 2 is 2.08 bits per heavy atom. The molecule has 2 rings (SSSR count). The van der Waals surface area contributed by atoms with Crippen molar-refractivity contribution >= 4 is 17.3 Å². The lowest BCUT2D eigenvalue weighted by atomic mass is 9.99. The summed E-state index contributed by atoms with van der Waals surface area (Å²) in [6.07, 6.45) is 6.07. The van der Waals surface area contributed by atoms with Gasteiger partial charge in [0.15, 0.2) is 11.7 Å². The zero-order valence-corrected chi connectivity index (χ0v) is 16.4. The Labute approximate surface area is 154 Å². The average molecular weight is 364 g/mol. The Balaban J connectivity index is 1.76. The summed E-state index contributed by atoms with van der Waals surface area (Å²) < 4.78 is 5.43. The summed E-state index contributed by atoms with van der Waals surface area (Å²) in [5.74, 6) is 2.06. The third-order valence-corrected chi connectivity index (χ3v) is 5.42. The van der Waals surface area contributed by atoms with Gasteiger partial charge in [0.2, 0.25) is 0 Å². The van der Waals surface area contributed by atoms with Gasteiger partial charge in [0.1, 0.15) is 0 Å². The number of thiazole rings is 1. The van der Waals surface area contributed by atoms with Gasteiger partial charge in [-0.15, -0.1) is 11.3 Å². The van der Waals surface area contributed by atoms with Gasteiger partial charge in [-0.1, -0.05) is 25.9 Å². The lowest BCUT2D eigenvalue weighted by Gasteiger charge is -2.09. The smallest absolute Gasteiger partial charge is 0.191 e. The van der Waals surface area contributed by atoms with Crippen molar-refractivity contribution in [3.63, 3.8) is 0 Å². The molecular weight excluding hydrogens is 334 g/mol. The van der Waals surface area contributed by atoms with Crippen molar-refractivity contribution in [2.24, 2.45) is 4.99 Å². The molecule has 0 bridgehead atoms. The summed E-state index contributed by atoms with van der Waals surface area (Å²) in [6.45, 7) is 7.88. The molecule has 6 nitrogen and oxygen atoms in total. The summed E-state index contributed by atoms with van der Waals surface area (Å²) in [5.41, 5.74) is 1.04. The van der Waals surface area contributed by atoms with E-state index in [0.29, 0.717) is 12.5 Å². The highest BCUT2D eigenvalue weighted by atomic mass is 32.1. The van der Waals surface area contributed by atoms with Crippen LogP contribution in [0.25, 0.3) is 0 Å². The second-order valence-corrected chi connectivity index (χ2v) is 7.11. The van der Waals surface area contributed by atoms with Gasteiger partial charge >= 0.3 is 0 Å². The first-order valence-electron chi connectivity index (χ1n) is 9.03. The van der Waals surface area contributed by atoms with Gasteiger partial charge in [0.25, 0.3) is 0 Å². The molecule has 0 aliphatic rings. The summed E-state index contributed by atoms with van der Waals surface area (Å²) >= 11 is 1.78. The van der Waals surface area contributed by atoms with E-state index in [4.69, 9.17) is 4.52 Å².